The lowest BCUT2D eigenvalue weighted by Gasteiger charge is -2.27. The van der Waals surface area contributed by atoms with Crippen molar-refractivity contribution < 1.29 is 0 Å². The highest BCUT2D eigenvalue weighted by Gasteiger charge is 2.24. The standard InChI is InChI=1S/C14H22ClN3/c1-17(2)10-12-4-3-7-18(12)9-11-5-6-14(16)13(15)8-11/h5-6,8,12H,3-4,7,9-10,16H2,1-2H3. The van der Waals surface area contributed by atoms with Gasteiger partial charge in [-0.05, 0) is 51.2 Å². The number of rotatable bonds is 4. The largest absolute Gasteiger partial charge is 0.398 e. The minimum Gasteiger partial charge on any atom is -0.398 e. The molecule has 1 saturated heterocycles. The Labute approximate surface area is 115 Å². The van der Waals surface area contributed by atoms with E-state index in [1.165, 1.54) is 24.9 Å². The summed E-state index contributed by atoms with van der Waals surface area (Å²) in [6.07, 6.45) is 2.59. The van der Waals surface area contributed by atoms with Crippen molar-refractivity contribution in [2.24, 2.45) is 0 Å². The van der Waals surface area contributed by atoms with Gasteiger partial charge in [-0.3, -0.25) is 4.90 Å². The van der Waals surface area contributed by atoms with Crippen molar-refractivity contribution in [3.05, 3.63) is 28.8 Å². The maximum absolute atomic E-state index is 6.07. The van der Waals surface area contributed by atoms with E-state index in [2.05, 4.69) is 30.0 Å². The summed E-state index contributed by atoms with van der Waals surface area (Å²) >= 11 is 6.07. The Morgan fingerprint density at radius 3 is 2.89 bits per heavy atom. The zero-order valence-corrected chi connectivity index (χ0v) is 12.0. The number of hydrogen-bond donors (Lipinski definition) is 1. The lowest BCUT2D eigenvalue weighted by atomic mass is 10.1. The van der Waals surface area contributed by atoms with Crippen LogP contribution in [0.3, 0.4) is 0 Å². The molecule has 1 atom stereocenters. The third kappa shape index (κ3) is 3.37. The Bertz CT molecular complexity index is 406. The Balaban J connectivity index is 2.01. The number of nitrogens with zero attached hydrogens (tertiary/aromatic N) is 2. The van der Waals surface area contributed by atoms with Crippen LogP contribution < -0.4 is 5.73 Å². The van der Waals surface area contributed by atoms with E-state index in [1.54, 1.807) is 0 Å². The van der Waals surface area contributed by atoms with E-state index in [9.17, 15) is 0 Å². The normalized spacial score (nSPS) is 20.8. The molecule has 0 bridgehead atoms. The highest BCUT2D eigenvalue weighted by atomic mass is 35.5. The van der Waals surface area contributed by atoms with Crippen LogP contribution >= 0.6 is 11.6 Å². The predicted octanol–water partition coefficient (Wildman–Crippen LogP) is 2.45. The highest BCUT2D eigenvalue weighted by Crippen LogP contribution is 2.24. The summed E-state index contributed by atoms with van der Waals surface area (Å²) in [4.78, 5) is 4.81. The summed E-state index contributed by atoms with van der Waals surface area (Å²) in [5.41, 5.74) is 7.65. The zero-order chi connectivity index (χ0) is 13.1. The molecule has 1 unspecified atom stereocenters. The Hall–Kier alpha value is -0.770. The number of nitrogens with two attached hydrogens (primary N) is 1. The summed E-state index contributed by atoms with van der Waals surface area (Å²) < 4.78 is 0. The van der Waals surface area contributed by atoms with Crippen LogP contribution in [0.25, 0.3) is 0 Å². The van der Waals surface area contributed by atoms with Gasteiger partial charge < -0.3 is 10.6 Å². The van der Waals surface area contributed by atoms with Crippen molar-refractivity contribution >= 4 is 17.3 Å². The van der Waals surface area contributed by atoms with Gasteiger partial charge in [0, 0.05) is 19.1 Å². The van der Waals surface area contributed by atoms with E-state index in [0.29, 0.717) is 16.8 Å². The first kappa shape index (κ1) is 13.7. The molecule has 1 heterocycles. The summed E-state index contributed by atoms with van der Waals surface area (Å²) in [6, 6.07) is 6.62. The van der Waals surface area contributed by atoms with E-state index in [0.717, 1.165) is 13.1 Å². The van der Waals surface area contributed by atoms with Gasteiger partial charge in [0.2, 0.25) is 0 Å². The van der Waals surface area contributed by atoms with Gasteiger partial charge in [-0.25, -0.2) is 0 Å². The second-order valence-electron chi connectivity index (χ2n) is 5.38. The fraction of sp³-hybridized carbons (Fsp3) is 0.571. The Morgan fingerprint density at radius 1 is 1.44 bits per heavy atom. The van der Waals surface area contributed by atoms with E-state index in [4.69, 9.17) is 17.3 Å². The molecular formula is C14H22ClN3. The van der Waals surface area contributed by atoms with Gasteiger partial charge in [-0.2, -0.15) is 0 Å². The van der Waals surface area contributed by atoms with Crippen molar-refractivity contribution in [3.8, 4) is 0 Å². The molecule has 0 radical (unpaired) electrons. The van der Waals surface area contributed by atoms with Gasteiger partial charge in [0.1, 0.15) is 0 Å². The molecule has 0 aromatic heterocycles. The molecule has 1 aromatic rings. The first-order valence-corrected chi connectivity index (χ1v) is 6.87. The Morgan fingerprint density at radius 2 is 2.22 bits per heavy atom. The molecule has 3 nitrogen and oxygen atoms in total. The fourth-order valence-electron chi connectivity index (χ4n) is 2.64. The van der Waals surface area contributed by atoms with E-state index in [1.807, 2.05) is 12.1 Å². The minimum absolute atomic E-state index is 0.659. The Kier molecular flexibility index (Phi) is 4.49. The predicted molar refractivity (Wildman–Crippen MR) is 77.9 cm³/mol. The number of halogens is 1. The molecule has 0 spiro atoms. The fourth-order valence-corrected chi connectivity index (χ4v) is 2.84. The quantitative estimate of drug-likeness (QED) is 0.851. The summed E-state index contributed by atoms with van der Waals surface area (Å²) in [6.45, 7) is 3.28. The molecule has 2 rings (SSSR count). The average Bonchev–Trinajstić information content (AvgIpc) is 2.70. The SMILES string of the molecule is CN(C)CC1CCCN1Cc1ccc(N)c(Cl)c1. The van der Waals surface area contributed by atoms with E-state index in [-0.39, 0.29) is 0 Å². The average molecular weight is 268 g/mol. The van der Waals surface area contributed by atoms with Gasteiger partial charge in [0.25, 0.3) is 0 Å². The second kappa shape index (κ2) is 5.91. The number of nitrogen functional groups attached to an aromatic ring is 1. The molecule has 1 fully saturated rings. The van der Waals surface area contributed by atoms with Crippen LogP contribution in [0, 0.1) is 0 Å². The molecule has 100 valence electrons. The molecule has 2 N–H and O–H groups in total. The number of anilines is 1. The van der Waals surface area contributed by atoms with Crippen molar-refractivity contribution in [1.82, 2.24) is 9.80 Å². The minimum atomic E-state index is 0.659. The van der Waals surface area contributed by atoms with Gasteiger partial charge in [-0.1, -0.05) is 17.7 Å². The van der Waals surface area contributed by atoms with Crippen molar-refractivity contribution in [2.75, 3.05) is 32.9 Å². The number of hydrogen-bond acceptors (Lipinski definition) is 3. The first-order valence-electron chi connectivity index (χ1n) is 6.49. The molecule has 0 amide bonds. The maximum Gasteiger partial charge on any atom is 0.0638 e. The van der Waals surface area contributed by atoms with Crippen molar-refractivity contribution in [3.63, 3.8) is 0 Å². The third-order valence-electron chi connectivity index (χ3n) is 3.53. The third-order valence-corrected chi connectivity index (χ3v) is 3.85. The van der Waals surface area contributed by atoms with Crippen LogP contribution in [0.15, 0.2) is 18.2 Å². The first-order chi connectivity index (χ1) is 8.56. The van der Waals surface area contributed by atoms with Crippen LogP contribution in [0.5, 0.6) is 0 Å². The zero-order valence-electron chi connectivity index (χ0n) is 11.2. The van der Waals surface area contributed by atoms with E-state index < -0.39 is 0 Å². The topological polar surface area (TPSA) is 32.5 Å². The monoisotopic (exact) mass is 267 g/mol. The molecule has 1 aliphatic heterocycles. The maximum atomic E-state index is 6.07. The highest BCUT2D eigenvalue weighted by molar-refractivity contribution is 6.33. The molecule has 0 saturated carbocycles. The van der Waals surface area contributed by atoms with Crippen LogP contribution in [-0.2, 0) is 6.54 Å². The number of likely N-dealkylation sites (N-methyl/N-ethyl adjacent to an activating group) is 1. The smallest absolute Gasteiger partial charge is 0.0638 e. The molecule has 0 aliphatic carbocycles. The summed E-state index contributed by atoms with van der Waals surface area (Å²) in [5, 5.41) is 0.663. The molecule has 1 aliphatic rings. The summed E-state index contributed by atoms with van der Waals surface area (Å²) in [7, 11) is 4.27. The molecular weight excluding hydrogens is 246 g/mol. The molecule has 18 heavy (non-hydrogen) atoms. The van der Waals surface area contributed by atoms with Gasteiger partial charge in [0.05, 0.1) is 10.7 Å². The van der Waals surface area contributed by atoms with Crippen LogP contribution in [0.2, 0.25) is 5.02 Å². The summed E-state index contributed by atoms with van der Waals surface area (Å²) in [5.74, 6) is 0. The van der Waals surface area contributed by atoms with Gasteiger partial charge >= 0.3 is 0 Å². The lowest BCUT2D eigenvalue weighted by molar-refractivity contribution is 0.201. The van der Waals surface area contributed by atoms with Gasteiger partial charge in [0.15, 0.2) is 0 Å². The number of likely N-dealkylation sites (tertiary alicyclic amines) is 1. The van der Waals surface area contributed by atoms with Crippen LogP contribution in [0.4, 0.5) is 5.69 Å². The van der Waals surface area contributed by atoms with Crippen LogP contribution in [-0.4, -0.2) is 43.0 Å². The van der Waals surface area contributed by atoms with Crippen LogP contribution in [0.1, 0.15) is 18.4 Å². The molecule has 1 aromatic carbocycles. The number of benzene rings is 1. The molecule has 4 heteroatoms. The van der Waals surface area contributed by atoms with Crippen molar-refractivity contribution in [1.29, 1.82) is 0 Å². The second-order valence-corrected chi connectivity index (χ2v) is 5.79. The van der Waals surface area contributed by atoms with Gasteiger partial charge in [-0.15, -0.1) is 0 Å². The lowest BCUT2D eigenvalue weighted by Crippen LogP contribution is -2.37. The van der Waals surface area contributed by atoms with E-state index >= 15 is 0 Å². The van der Waals surface area contributed by atoms with Crippen molar-refractivity contribution in [2.45, 2.75) is 25.4 Å².